The van der Waals surface area contributed by atoms with Crippen molar-refractivity contribution in [1.82, 2.24) is 5.32 Å². The van der Waals surface area contributed by atoms with Crippen molar-refractivity contribution in [3.05, 3.63) is 29.8 Å². The number of nitrogens with one attached hydrogen (secondary N) is 1. The van der Waals surface area contributed by atoms with Gasteiger partial charge in [-0.1, -0.05) is 32.3 Å². The van der Waals surface area contributed by atoms with Crippen molar-refractivity contribution in [3.63, 3.8) is 0 Å². The minimum Gasteiger partial charge on any atom is -0.352 e. The second-order valence-corrected chi connectivity index (χ2v) is 7.37. The van der Waals surface area contributed by atoms with Crippen LogP contribution in [0, 0.1) is 11.8 Å². The molecule has 0 heterocycles. The molecule has 1 saturated carbocycles. The summed E-state index contributed by atoms with van der Waals surface area (Å²) in [5, 5.41) is 7.98. The van der Waals surface area contributed by atoms with Crippen LogP contribution < -0.4 is 10.5 Å². The van der Waals surface area contributed by atoms with Crippen LogP contribution in [0.1, 0.15) is 43.0 Å². The lowest BCUT2D eigenvalue weighted by molar-refractivity contribution is 0.0936. The summed E-state index contributed by atoms with van der Waals surface area (Å²) >= 11 is 0. The van der Waals surface area contributed by atoms with Gasteiger partial charge in [0, 0.05) is 12.1 Å². The van der Waals surface area contributed by atoms with Gasteiger partial charge in [-0.15, -0.1) is 0 Å². The molecule has 0 saturated heterocycles. The smallest absolute Gasteiger partial charge is 0.251 e. The molecular formula is C15H22N2O3S. The molecule has 5 nitrogen and oxygen atoms in total. The largest absolute Gasteiger partial charge is 0.352 e. The summed E-state index contributed by atoms with van der Waals surface area (Å²) in [6.45, 7) is 2.86. The highest BCUT2D eigenvalue weighted by Gasteiger charge is 2.22. The maximum atomic E-state index is 12.1. The van der Waals surface area contributed by atoms with Gasteiger partial charge in [-0.05, 0) is 36.5 Å². The number of amides is 1. The Morgan fingerprint density at radius 3 is 2.71 bits per heavy atom. The van der Waals surface area contributed by atoms with Gasteiger partial charge in [0.15, 0.2) is 0 Å². The van der Waals surface area contributed by atoms with E-state index in [0.717, 1.165) is 6.42 Å². The molecule has 0 radical (unpaired) electrons. The van der Waals surface area contributed by atoms with Crippen molar-refractivity contribution in [1.29, 1.82) is 0 Å². The third-order valence-electron chi connectivity index (χ3n) is 4.24. The highest BCUT2D eigenvalue weighted by Crippen LogP contribution is 2.28. The van der Waals surface area contributed by atoms with E-state index in [9.17, 15) is 13.2 Å². The van der Waals surface area contributed by atoms with E-state index in [1.54, 1.807) is 6.07 Å². The van der Waals surface area contributed by atoms with Gasteiger partial charge >= 0.3 is 0 Å². The van der Waals surface area contributed by atoms with Crippen LogP contribution in [0.3, 0.4) is 0 Å². The molecule has 1 fully saturated rings. The fourth-order valence-corrected chi connectivity index (χ4v) is 3.40. The molecule has 21 heavy (non-hydrogen) atoms. The van der Waals surface area contributed by atoms with Gasteiger partial charge in [0.05, 0.1) is 4.90 Å². The lowest BCUT2D eigenvalue weighted by atomic mass is 9.80. The van der Waals surface area contributed by atoms with Crippen LogP contribution in [0.2, 0.25) is 0 Å². The summed E-state index contributed by atoms with van der Waals surface area (Å²) in [6, 6.07) is 5.82. The molecule has 1 aromatic carbocycles. The summed E-state index contributed by atoms with van der Waals surface area (Å²) in [7, 11) is -3.78. The van der Waals surface area contributed by atoms with Crippen LogP contribution in [0.4, 0.5) is 0 Å². The molecule has 2 rings (SSSR count). The van der Waals surface area contributed by atoms with E-state index in [0.29, 0.717) is 23.9 Å². The third-order valence-corrected chi connectivity index (χ3v) is 5.15. The van der Waals surface area contributed by atoms with E-state index >= 15 is 0 Å². The maximum Gasteiger partial charge on any atom is 0.251 e. The van der Waals surface area contributed by atoms with E-state index in [-0.39, 0.29) is 10.8 Å². The van der Waals surface area contributed by atoms with E-state index in [4.69, 9.17) is 5.14 Å². The molecule has 0 aromatic heterocycles. The van der Waals surface area contributed by atoms with E-state index in [1.165, 1.54) is 37.5 Å². The highest BCUT2D eigenvalue weighted by molar-refractivity contribution is 7.89. The monoisotopic (exact) mass is 310 g/mol. The number of carbonyl (C=O) groups is 1. The first-order chi connectivity index (χ1) is 9.88. The Labute approximate surface area is 126 Å². The Morgan fingerprint density at radius 1 is 1.33 bits per heavy atom. The number of nitrogens with two attached hydrogens (primary N) is 1. The first-order valence-corrected chi connectivity index (χ1v) is 8.83. The molecule has 2 unspecified atom stereocenters. The number of hydrogen-bond donors (Lipinski definition) is 2. The minimum absolute atomic E-state index is 0.0406. The van der Waals surface area contributed by atoms with Crippen LogP contribution in [0.25, 0.3) is 0 Å². The number of benzene rings is 1. The number of primary sulfonamides is 1. The lowest BCUT2D eigenvalue weighted by Gasteiger charge is -2.28. The molecule has 2 atom stereocenters. The molecule has 6 heteroatoms. The summed E-state index contributed by atoms with van der Waals surface area (Å²) in [5.74, 6) is 0.872. The Balaban J connectivity index is 2.00. The molecular weight excluding hydrogens is 288 g/mol. The number of carbonyl (C=O) groups excluding carboxylic acids is 1. The second kappa shape index (κ2) is 6.58. The van der Waals surface area contributed by atoms with Crippen molar-refractivity contribution < 1.29 is 13.2 Å². The van der Waals surface area contributed by atoms with Gasteiger partial charge < -0.3 is 5.32 Å². The van der Waals surface area contributed by atoms with Gasteiger partial charge in [-0.3, -0.25) is 4.79 Å². The number of rotatable bonds is 4. The Hall–Kier alpha value is -1.40. The normalized spacial score (nSPS) is 22.8. The summed E-state index contributed by atoms with van der Waals surface area (Å²) in [6.07, 6.45) is 4.83. The van der Waals surface area contributed by atoms with Crippen molar-refractivity contribution in [3.8, 4) is 0 Å². The average Bonchev–Trinajstić information content (AvgIpc) is 2.45. The van der Waals surface area contributed by atoms with Gasteiger partial charge in [-0.25, -0.2) is 13.6 Å². The predicted octanol–water partition coefficient (Wildman–Crippen LogP) is 1.89. The molecule has 116 valence electrons. The topological polar surface area (TPSA) is 89.3 Å². The fraction of sp³-hybridized carbons (Fsp3) is 0.533. The SMILES string of the molecule is CC1CCCCC1CNC(=O)c1cccc(S(N)(=O)=O)c1. The zero-order valence-corrected chi connectivity index (χ0v) is 13.0. The van der Waals surface area contributed by atoms with Gasteiger partial charge in [0.2, 0.25) is 10.0 Å². The first-order valence-electron chi connectivity index (χ1n) is 7.29. The van der Waals surface area contributed by atoms with Gasteiger partial charge in [0.1, 0.15) is 0 Å². The summed E-state index contributed by atoms with van der Waals surface area (Å²) < 4.78 is 22.6. The maximum absolute atomic E-state index is 12.1. The zero-order valence-electron chi connectivity index (χ0n) is 12.2. The third kappa shape index (κ3) is 4.28. The van der Waals surface area contributed by atoms with E-state index < -0.39 is 10.0 Å². The summed E-state index contributed by atoms with van der Waals surface area (Å²) in [5.41, 5.74) is 0.324. The Kier molecular flexibility index (Phi) is 5.00. The van der Waals surface area contributed by atoms with Crippen molar-refractivity contribution in [2.24, 2.45) is 17.0 Å². The molecule has 0 spiro atoms. The highest BCUT2D eigenvalue weighted by atomic mass is 32.2. The molecule has 0 aliphatic heterocycles. The lowest BCUT2D eigenvalue weighted by Crippen LogP contribution is -2.33. The first kappa shape index (κ1) is 16.0. The second-order valence-electron chi connectivity index (χ2n) is 5.80. The fourth-order valence-electron chi connectivity index (χ4n) is 2.84. The standard InChI is InChI=1S/C15H22N2O3S/c1-11-5-2-3-6-13(11)10-17-15(18)12-7-4-8-14(9-12)21(16,19)20/h4,7-9,11,13H,2-3,5-6,10H2,1H3,(H,17,18)(H2,16,19,20). The number of hydrogen-bond acceptors (Lipinski definition) is 3. The molecule has 1 aliphatic carbocycles. The molecule has 1 aromatic rings. The van der Waals surface area contributed by atoms with E-state index in [1.807, 2.05) is 0 Å². The van der Waals surface area contributed by atoms with Crippen LogP contribution in [0.5, 0.6) is 0 Å². The Morgan fingerprint density at radius 2 is 2.05 bits per heavy atom. The molecule has 1 aliphatic rings. The minimum atomic E-state index is -3.78. The molecule has 0 bridgehead atoms. The predicted molar refractivity (Wildman–Crippen MR) is 81.3 cm³/mol. The zero-order chi connectivity index (χ0) is 15.5. The quantitative estimate of drug-likeness (QED) is 0.890. The van der Waals surface area contributed by atoms with Crippen molar-refractivity contribution in [2.75, 3.05) is 6.54 Å². The van der Waals surface area contributed by atoms with Crippen LogP contribution >= 0.6 is 0 Å². The summed E-state index contributed by atoms with van der Waals surface area (Å²) in [4.78, 5) is 12.1. The van der Waals surface area contributed by atoms with Crippen LogP contribution in [-0.2, 0) is 10.0 Å². The van der Waals surface area contributed by atoms with Crippen LogP contribution in [-0.4, -0.2) is 20.9 Å². The molecule has 1 amide bonds. The van der Waals surface area contributed by atoms with E-state index in [2.05, 4.69) is 12.2 Å². The van der Waals surface area contributed by atoms with Gasteiger partial charge in [-0.2, -0.15) is 0 Å². The number of sulfonamides is 1. The van der Waals surface area contributed by atoms with Crippen LogP contribution in [0.15, 0.2) is 29.2 Å². The Bertz CT molecular complexity index is 613. The molecule has 3 N–H and O–H groups in total. The van der Waals surface area contributed by atoms with Gasteiger partial charge in [0.25, 0.3) is 5.91 Å². The van der Waals surface area contributed by atoms with Crippen molar-refractivity contribution >= 4 is 15.9 Å². The van der Waals surface area contributed by atoms with Crippen molar-refractivity contribution in [2.45, 2.75) is 37.5 Å². The average molecular weight is 310 g/mol.